The number of hydrazone groups is 1. The van der Waals surface area contributed by atoms with Gasteiger partial charge in [0.15, 0.2) is 0 Å². The van der Waals surface area contributed by atoms with Crippen LogP contribution in [0.25, 0.3) is 0 Å². The lowest BCUT2D eigenvalue weighted by atomic mass is 10.2. The van der Waals surface area contributed by atoms with Gasteiger partial charge in [-0.15, -0.1) is 0 Å². The molecule has 2 N–H and O–H groups in total. The molecule has 0 aliphatic rings. The molecule has 0 aromatic heterocycles. The molecule has 0 aliphatic carbocycles. The molecule has 130 valence electrons. The SMILES string of the molecule is CCNC(=O)C(=O)N/N=C\c1ccccc1OCc1cccc(F)c1. The van der Waals surface area contributed by atoms with Crippen molar-refractivity contribution in [3.8, 4) is 5.75 Å². The molecule has 0 saturated heterocycles. The summed E-state index contributed by atoms with van der Waals surface area (Å²) in [6.45, 7) is 2.25. The van der Waals surface area contributed by atoms with Crippen molar-refractivity contribution in [1.29, 1.82) is 0 Å². The highest BCUT2D eigenvalue weighted by atomic mass is 19.1. The molecule has 0 unspecified atom stereocenters. The van der Waals surface area contributed by atoms with E-state index in [0.29, 0.717) is 23.4 Å². The van der Waals surface area contributed by atoms with Crippen molar-refractivity contribution < 1.29 is 18.7 Å². The van der Waals surface area contributed by atoms with Crippen molar-refractivity contribution in [1.82, 2.24) is 10.7 Å². The first kappa shape index (κ1) is 18.1. The van der Waals surface area contributed by atoms with Crippen LogP contribution in [-0.2, 0) is 16.2 Å². The quantitative estimate of drug-likeness (QED) is 0.478. The fourth-order valence-electron chi connectivity index (χ4n) is 1.96. The molecule has 0 aliphatic heterocycles. The van der Waals surface area contributed by atoms with Crippen molar-refractivity contribution >= 4 is 18.0 Å². The van der Waals surface area contributed by atoms with Gasteiger partial charge in [-0.1, -0.05) is 24.3 Å². The van der Waals surface area contributed by atoms with Gasteiger partial charge in [0.25, 0.3) is 0 Å². The van der Waals surface area contributed by atoms with E-state index >= 15 is 0 Å². The van der Waals surface area contributed by atoms with Crippen molar-refractivity contribution in [2.45, 2.75) is 13.5 Å². The number of carbonyl (C=O) groups excluding carboxylic acids is 2. The number of benzene rings is 2. The Balaban J connectivity index is 1.99. The zero-order chi connectivity index (χ0) is 18.1. The second kappa shape index (κ2) is 9.17. The minimum absolute atomic E-state index is 0.188. The highest BCUT2D eigenvalue weighted by molar-refractivity contribution is 6.35. The highest BCUT2D eigenvalue weighted by Crippen LogP contribution is 2.17. The summed E-state index contributed by atoms with van der Waals surface area (Å²) in [6.07, 6.45) is 1.37. The zero-order valence-corrected chi connectivity index (χ0v) is 13.7. The van der Waals surface area contributed by atoms with E-state index in [1.807, 2.05) is 0 Å². The number of hydrogen-bond acceptors (Lipinski definition) is 4. The fourth-order valence-corrected chi connectivity index (χ4v) is 1.96. The van der Waals surface area contributed by atoms with Gasteiger partial charge in [0, 0.05) is 12.1 Å². The Kier molecular flexibility index (Phi) is 6.65. The van der Waals surface area contributed by atoms with E-state index in [-0.39, 0.29) is 12.4 Å². The molecule has 2 aromatic carbocycles. The number of amides is 2. The molecule has 7 heteroatoms. The van der Waals surface area contributed by atoms with E-state index in [1.165, 1.54) is 18.3 Å². The summed E-state index contributed by atoms with van der Waals surface area (Å²) in [5, 5.41) is 6.12. The standard InChI is InChI=1S/C18H18FN3O3/c1-2-20-17(23)18(24)22-21-11-14-7-3-4-9-16(14)25-12-13-6-5-8-15(19)10-13/h3-11H,2,12H2,1H3,(H,20,23)(H,22,24)/b21-11-. The molecule has 2 aromatic rings. The number of rotatable bonds is 6. The van der Waals surface area contributed by atoms with Gasteiger partial charge in [-0.25, -0.2) is 9.82 Å². The summed E-state index contributed by atoms with van der Waals surface area (Å²) in [4.78, 5) is 22.7. The van der Waals surface area contributed by atoms with Crippen LogP contribution in [0.2, 0.25) is 0 Å². The number of carbonyl (C=O) groups is 2. The van der Waals surface area contributed by atoms with Crippen molar-refractivity contribution in [2.75, 3.05) is 6.54 Å². The monoisotopic (exact) mass is 343 g/mol. The van der Waals surface area contributed by atoms with Crippen LogP contribution in [0.3, 0.4) is 0 Å². The lowest BCUT2D eigenvalue weighted by Gasteiger charge is -2.09. The van der Waals surface area contributed by atoms with Crippen LogP contribution in [0.1, 0.15) is 18.1 Å². The molecular weight excluding hydrogens is 325 g/mol. The summed E-state index contributed by atoms with van der Waals surface area (Å²) in [5.41, 5.74) is 3.44. The van der Waals surface area contributed by atoms with E-state index < -0.39 is 11.8 Å². The Hall–Kier alpha value is -3.22. The Morgan fingerprint density at radius 3 is 2.72 bits per heavy atom. The summed E-state index contributed by atoms with van der Waals surface area (Å²) >= 11 is 0. The molecule has 25 heavy (non-hydrogen) atoms. The molecule has 0 fully saturated rings. The number of para-hydroxylation sites is 1. The molecule has 0 atom stereocenters. The van der Waals surface area contributed by atoms with Gasteiger partial charge in [-0.2, -0.15) is 5.10 Å². The summed E-state index contributed by atoms with van der Waals surface area (Å²) in [7, 11) is 0. The average molecular weight is 343 g/mol. The third-order valence-electron chi connectivity index (χ3n) is 3.12. The summed E-state index contributed by atoms with van der Waals surface area (Å²) in [6, 6.07) is 13.2. The number of nitrogens with zero attached hydrogens (tertiary/aromatic N) is 1. The fraction of sp³-hybridized carbons (Fsp3) is 0.167. The molecule has 0 heterocycles. The minimum atomic E-state index is -0.851. The maximum atomic E-state index is 13.2. The van der Waals surface area contributed by atoms with Crippen molar-refractivity contribution in [2.24, 2.45) is 5.10 Å². The van der Waals surface area contributed by atoms with Crippen LogP contribution in [0.4, 0.5) is 4.39 Å². The van der Waals surface area contributed by atoms with Crippen LogP contribution >= 0.6 is 0 Å². The Bertz CT molecular complexity index is 778. The molecule has 0 radical (unpaired) electrons. The van der Waals surface area contributed by atoms with E-state index in [1.54, 1.807) is 43.3 Å². The van der Waals surface area contributed by atoms with E-state index in [9.17, 15) is 14.0 Å². The lowest BCUT2D eigenvalue weighted by Crippen LogP contribution is -2.37. The van der Waals surface area contributed by atoms with Gasteiger partial charge in [-0.3, -0.25) is 9.59 Å². The third-order valence-corrected chi connectivity index (χ3v) is 3.12. The maximum Gasteiger partial charge on any atom is 0.329 e. The first-order valence-electron chi connectivity index (χ1n) is 7.67. The van der Waals surface area contributed by atoms with Crippen molar-refractivity contribution in [3.63, 3.8) is 0 Å². The Morgan fingerprint density at radius 2 is 1.96 bits per heavy atom. The largest absolute Gasteiger partial charge is 0.488 e. The zero-order valence-electron chi connectivity index (χ0n) is 13.7. The van der Waals surface area contributed by atoms with Gasteiger partial charge in [0.1, 0.15) is 18.2 Å². The number of ether oxygens (including phenoxy) is 1. The summed E-state index contributed by atoms with van der Waals surface area (Å²) in [5.74, 6) is -1.42. The van der Waals surface area contributed by atoms with Gasteiger partial charge in [0.05, 0.1) is 6.21 Å². The molecule has 2 amide bonds. The minimum Gasteiger partial charge on any atom is -0.488 e. The predicted molar refractivity (Wildman–Crippen MR) is 91.6 cm³/mol. The topological polar surface area (TPSA) is 79.8 Å². The molecule has 2 rings (SSSR count). The second-order valence-electron chi connectivity index (χ2n) is 5.02. The van der Waals surface area contributed by atoms with Crippen molar-refractivity contribution in [3.05, 3.63) is 65.5 Å². The average Bonchev–Trinajstić information content (AvgIpc) is 2.61. The van der Waals surface area contributed by atoms with Crippen LogP contribution in [0.5, 0.6) is 5.75 Å². The van der Waals surface area contributed by atoms with Gasteiger partial charge < -0.3 is 10.1 Å². The van der Waals surface area contributed by atoms with Crippen LogP contribution < -0.4 is 15.5 Å². The number of nitrogens with one attached hydrogen (secondary N) is 2. The van der Waals surface area contributed by atoms with Crippen LogP contribution in [0, 0.1) is 5.82 Å². The maximum absolute atomic E-state index is 13.2. The summed E-state index contributed by atoms with van der Waals surface area (Å²) < 4.78 is 18.9. The van der Waals surface area contributed by atoms with Gasteiger partial charge >= 0.3 is 11.8 Å². The predicted octanol–water partition coefficient (Wildman–Crippen LogP) is 1.99. The van der Waals surface area contributed by atoms with E-state index in [2.05, 4.69) is 15.8 Å². The Labute approximate surface area is 144 Å². The molecule has 0 saturated carbocycles. The lowest BCUT2D eigenvalue weighted by molar-refractivity contribution is -0.139. The normalized spacial score (nSPS) is 10.5. The third kappa shape index (κ3) is 5.72. The molecular formula is C18H18FN3O3. The van der Waals surface area contributed by atoms with E-state index in [4.69, 9.17) is 4.74 Å². The van der Waals surface area contributed by atoms with Crippen LogP contribution in [0.15, 0.2) is 53.6 Å². The Morgan fingerprint density at radius 1 is 1.16 bits per heavy atom. The van der Waals surface area contributed by atoms with E-state index in [0.717, 1.165) is 0 Å². The van der Waals surface area contributed by atoms with Gasteiger partial charge in [0.2, 0.25) is 0 Å². The number of hydrogen-bond donors (Lipinski definition) is 2. The smallest absolute Gasteiger partial charge is 0.329 e. The molecule has 0 bridgehead atoms. The van der Waals surface area contributed by atoms with Crippen LogP contribution in [-0.4, -0.2) is 24.6 Å². The highest BCUT2D eigenvalue weighted by Gasteiger charge is 2.10. The molecule has 0 spiro atoms. The molecule has 6 nitrogen and oxygen atoms in total. The number of halogens is 1. The first-order valence-corrected chi connectivity index (χ1v) is 7.67. The second-order valence-corrected chi connectivity index (χ2v) is 5.02. The number of likely N-dealkylation sites (N-methyl/N-ethyl adjacent to an activating group) is 1. The van der Waals surface area contributed by atoms with Gasteiger partial charge in [-0.05, 0) is 36.8 Å². The first-order chi connectivity index (χ1) is 12.1.